The summed E-state index contributed by atoms with van der Waals surface area (Å²) in [5.74, 6) is 0. The zero-order valence-corrected chi connectivity index (χ0v) is 8.94. The summed E-state index contributed by atoms with van der Waals surface area (Å²) in [5.41, 5.74) is 2.15. The fourth-order valence-electron chi connectivity index (χ4n) is 1.17. The second kappa shape index (κ2) is 4.86. The van der Waals surface area contributed by atoms with Crippen LogP contribution in [0.15, 0.2) is 36.4 Å². The Hall–Kier alpha value is -1.04. The summed E-state index contributed by atoms with van der Waals surface area (Å²) in [6.45, 7) is 2.01. The van der Waals surface area contributed by atoms with Crippen LogP contribution in [0.25, 0.3) is 10.9 Å². The van der Waals surface area contributed by atoms with E-state index in [1.165, 1.54) is 5.39 Å². The number of nitrogens with zero attached hydrogens (tertiary/aromatic N) is 1. The van der Waals surface area contributed by atoms with E-state index in [0.29, 0.717) is 16.2 Å². The molecule has 0 atom stereocenters. The molecule has 0 aliphatic carbocycles. The second-order valence-electron chi connectivity index (χ2n) is 2.65. The SMILES string of the molecule is Cc1ccc2ccccc2n1.[O]=[AlH]. The van der Waals surface area contributed by atoms with Crippen molar-refractivity contribution in [3.63, 3.8) is 0 Å². The number of fused-ring (bicyclic) bond motifs is 1. The van der Waals surface area contributed by atoms with Crippen LogP contribution >= 0.6 is 0 Å². The quantitative estimate of drug-likeness (QED) is 0.588. The summed E-state index contributed by atoms with van der Waals surface area (Å²) >= 11 is 0.611. The normalized spacial score (nSPS) is 8.92. The monoisotopic (exact) mass is 187 g/mol. The van der Waals surface area contributed by atoms with Gasteiger partial charge < -0.3 is 0 Å². The van der Waals surface area contributed by atoms with Crippen molar-refractivity contribution in [1.82, 2.24) is 4.98 Å². The minimum atomic E-state index is 0.611. The molecule has 2 nitrogen and oxygen atoms in total. The van der Waals surface area contributed by atoms with Gasteiger partial charge in [0.2, 0.25) is 0 Å². The number of benzene rings is 1. The first-order valence-electron chi connectivity index (χ1n) is 3.97. The number of hydrogen-bond donors (Lipinski definition) is 0. The zero-order valence-electron chi connectivity index (χ0n) is 7.53. The third-order valence-corrected chi connectivity index (χ3v) is 1.74. The van der Waals surface area contributed by atoms with Crippen molar-refractivity contribution < 1.29 is 3.80 Å². The number of pyridine rings is 1. The van der Waals surface area contributed by atoms with Crippen molar-refractivity contribution in [2.24, 2.45) is 0 Å². The average Bonchev–Trinajstić information content (AvgIpc) is 2.21. The van der Waals surface area contributed by atoms with Gasteiger partial charge in [-0.2, -0.15) is 0 Å². The average molecular weight is 187 g/mol. The molecule has 1 heterocycles. The summed E-state index contributed by atoms with van der Waals surface area (Å²) in [6.07, 6.45) is 0. The van der Waals surface area contributed by atoms with Crippen LogP contribution < -0.4 is 0 Å². The van der Waals surface area contributed by atoms with Gasteiger partial charge in [-0.05, 0) is 19.1 Å². The van der Waals surface area contributed by atoms with Gasteiger partial charge in [0.05, 0.1) is 5.52 Å². The Morgan fingerprint density at radius 1 is 1.08 bits per heavy atom. The maximum atomic E-state index is 8.28. The second-order valence-corrected chi connectivity index (χ2v) is 2.65. The van der Waals surface area contributed by atoms with Crippen molar-refractivity contribution in [2.45, 2.75) is 6.92 Å². The van der Waals surface area contributed by atoms with Gasteiger partial charge in [0.1, 0.15) is 0 Å². The van der Waals surface area contributed by atoms with Crippen LogP contribution in [0, 0.1) is 6.92 Å². The van der Waals surface area contributed by atoms with Gasteiger partial charge >= 0.3 is 20.0 Å². The van der Waals surface area contributed by atoms with Gasteiger partial charge in [0.25, 0.3) is 0 Å². The van der Waals surface area contributed by atoms with Crippen LogP contribution in [0.4, 0.5) is 0 Å². The van der Waals surface area contributed by atoms with Gasteiger partial charge in [-0.15, -0.1) is 0 Å². The van der Waals surface area contributed by atoms with Crippen molar-refractivity contribution in [3.05, 3.63) is 42.1 Å². The molecule has 1 aromatic heterocycles. The van der Waals surface area contributed by atoms with Crippen LogP contribution in [-0.2, 0) is 3.80 Å². The minimum absolute atomic E-state index is 0.611. The molecule has 2 aromatic rings. The molecule has 64 valence electrons. The Labute approximate surface area is 85.2 Å². The summed E-state index contributed by atoms with van der Waals surface area (Å²) in [7, 11) is 0. The Bertz CT molecular complexity index is 403. The summed E-state index contributed by atoms with van der Waals surface area (Å²) < 4.78 is 8.28. The van der Waals surface area contributed by atoms with Crippen LogP contribution in [0.1, 0.15) is 5.69 Å². The van der Waals surface area contributed by atoms with E-state index in [2.05, 4.69) is 17.1 Å². The molecule has 3 heteroatoms. The van der Waals surface area contributed by atoms with E-state index in [1.807, 2.05) is 31.2 Å². The summed E-state index contributed by atoms with van der Waals surface area (Å²) in [4.78, 5) is 4.38. The molecule has 0 radical (unpaired) electrons. The van der Waals surface area contributed by atoms with E-state index in [0.717, 1.165) is 11.2 Å². The number of hydrogen-bond acceptors (Lipinski definition) is 2. The Kier molecular flexibility index (Phi) is 3.76. The van der Waals surface area contributed by atoms with Gasteiger partial charge in [-0.25, -0.2) is 0 Å². The fraction of sp³-hybridized carbons (Fsp3) is 0.100. The van der Waals surface area contributed by atoms with Crippen molar-refractivity contribution in [3.8, 4) is 0 Å². The molecule has 0 aliphatic rings. The predicted octanol–water partition coefficient (Wildman–Crippen LogP) is 1.78. The molecule has 2 rings (SSSR count). The van der Waals surface area contributed by atoms with Crippen molar-refractivity contribution in [2.75, 3.05) is 0 Å². The molecular weight excluding hydrogens is 177 g/mol. The molecule has 1 aromatic carbocycles. The molecule has 0 aliphatic heterocycles. The number of aromatic nitrogens is 1. The Morgan fingerprint density at radius 3 is 2.54 bits per heavy atom. The van der Waals surface area contributed by atoms with Crippen molar-refractivity contribution in [1.29, 1.82) is 0 Å². The first-order valence-corrected chi connectivity index (χ1v) is 4.55. The molecule has 0 fully saturated rings. The first kappa shape index (κ1) is 10.0. The Morgan fingerprint density at radius 2 is 1.77 bits per heavy atom. The molecular formula is C10H10AlNO. The molecule has 0 unspecified atom stereocenters. The number of rotatable bonds is 0. The van der Waals surface area contributed by atoms with E-state index < -0.39 is 0 Å². The van der Waals surface area contributed by atoms with Crippen LogP contribution in [0.2, 0.25) is 0 Å². The van der Waals surface area contributed by atoms with E-state index in [1.54, 1.807) is 0 Å². The van der Waals surface area contributed by atoms with Gasteiger partial charge in [-0.3, -0.25) is 4.98 Å². The topological polar surface area (TPSA) is 30.0 Å². The molecule has 0 bridgehead atoms. The summed E-state index contributed by atoms with van der Waals surface area (Å²) in [6, 6.07) is 12.3. The van der Waals surface area contributed by atoms with Crippen LogP contribution in [0.3, 0.4) is 0 Å². The number of aryl methyl sites for hydroxylation is 1. The summed E-state index contributed by atoms with van der Waals surface area (Å²) in [5, 5.41) is 1.21. The van der Waals surface area contributed by atoms with Gasteiger partial charge in [0, 0.05) is 11.1 Å². The fourth-order valence-corrected chi connectivity index (χ4v) is 1.17. The van der Waals surface area contributed by atoms with Crippen molar-refractivity contribution >= 4 is 27.1 Å². The predicted molar refractivity (Wildman–Crippen MR) is 54.3 cm³/mol. The standard InChI is InChI=1S/C10H9N.Al.O.H/c1-8-6-7-9-4-2-3-5-10(9)11-8;;;/h2-7H,1H3;;;. The van der Waals surface area contributed by atoms with Crippen LogP contribution in [-0.4, -0.2) is 21.2 Å². The molecule has 13 heavy (non-hydrogen) atoms. The van der Waals surface area contributed by atoms with Gasteiger partial charge in [-0.1, -0.05) is 24.3 Å². The molecule has 0 saturated carbocycles. The molecule has 0 saturated heterocycles. The van der Waals surface area contributed by atoms with E-state index >= 15 is 0 Å². The Balaban J connectivity index is 0.000000396. The van der Waals surface area contributed by atoms with E-state index in [-0.39, 0.29) is 0 Å². The van der Waals surface area contributed by atoms with Crippen LogP contribution in [0.5, 0.6) is 0 Å². The first-order chi connectivity index (χ1) is 6.36. The third-order valence-electron chi connectivity index (χ3n) is 1.74. The molecule has 0 spiro atoms. The third kappa shape index (κ3) is 2.45. The van der Waals surface area contributed by atoms with E-state index in [9.17, 15) is 0 Å². The maximum absolute atomic E-state index is 8.28. The zero-order chi connectivity index (χ0) is 9.68. The number of para-hydroxylation sites is 1. The molecule has 0 amide bonds. The van der Waals surface area contributed by atoms with E-state index in [4.69, 9.17) is 3.80 Å². The molecule has 0 N–H and O–H groups in total. The van der Waals surface area contributed by atoms with Gasteiger partial charge in [0.15, 0.2) is 0 Å².